The molecule has 2 aromatic carbocycles. The molecule has 0 aliphatic heterocycles. The molecule has 0 saturated heterocycles. The minimum Gasteiger partial charge on any atom is -0.452 e. The van der Waals surface area contributed by atoms with E-state index in [-0.39, 0.29) is 16.9 Å². The van der Waals surface area contributed by atoms with Crippen LogP contribution in [0.3, 0.4) is 0 Å². The molecule has 7 nitrogen and oxygen atoms in total. The van der Waals surface area contributed by atoms with Gasteiger partial charge >= 0.3 is 11.9 Å². The number of hydrogen-bond donors (Lipinski definition) is 3. The highest BCUT2D eigenvalue weighted by Crippen LogP contribution is 2.34. The topological polar surface area (TPSA) is 113 Å². The molecule has 0 unspecified atom stereocenters. The average Bonchev–Trinajstić information content (AvgIpc) is 2.70. The normalized spacial score (nSPS) is 26.9. The van der Waals surface area contributed by atoms with Gasteiger partial charge in [-0.2, -0.15) is 0 Å². The van der Waals surface area contributed by atoms with Gasteiger partial charge in [-0.3, -0.25) is 0 Å². The molecule has 0 fully saturated rings. The molecule has 0 spiro atoms. The Morgan fingerprint density at radius 1 is 0.893 bits per heavy atom. The zero-order valence-electron chi connectivity index (χ0n) is 15.1. The van der Waals surface area contributed by atoms with Crippen molar-refractivity contribution in [3.05, 3.63) is 83.6 Å². The van der Waals surface area contributed by atoms with Gasteiger partial charge in [-0.25, -0.2) is 9.59 Å². The first kappa shape index (κ1) is 19.8. The van der Waals surface area contributed by atoms with Crippen LogP contribution < -0.4 is 0 Å². The highest BCUT2D eigenvalue weighted by atomic mass is 16.6. The molecule has 7 heteroatoms. The van der Waals surface area contributed by atoms with Crippen LogP contribution in [-0.2, 0) is 9.47 Å². The maximum absolute atomic E-state index is 12.3. The molecule has 3 N–H and O–H groups in total. The molecule has 1 aliphatic rings. The summed E-state index contributed by atoms with van der Waals surface area (Å²) in [5, 5.41) is 31.2. The predicted octanol–water partition coefficient (Wildman–Crippen LogP) is 1.44. The molecule has 3 rings (SSSR count). The van der Waals surface area contributed by atoms with Gasteiger partial charge in [0, 0.05) is 0 Å². The molecule has 0 aromatic heterocycles. The van der Waals surface area contributed by atoms with E-state index in [1.54, 1.807) is 36.4 Å². The number of esters is 2. The third kappa shape index (κ3) is 3.96. The van der Waals surface area contributed by atoms with Gasteiger partial charge < -0.3 is 24.8 Å². The summed E-state index contributed by atoms with van der Waals surface area (Å²) in [5.41, 5.74) is -1.61. The van der Waals surface area contributed by atoms with E-state index in [9.17, 15) is 24.9 Å². The zero-order valence-corrected chi connectivity index (χ0v) is 15.1. The fourth-order valence-electron chi connectivity index (χ4n) is 2.89. The Morgan fingerprint density at radius 3 is 1.93 bits per heavy atom. The molecule has 28 heavy (non-hydrogen) atoms. The van der Waals surface area contributed by atoms with Crippen LogP contribution in [0.4, 0.5) is 0 Å². The highest BCUT2D eigenvalue weighted by Gasteiger charge is 2.51. The van der Waals surface area contributed by atoms with Gasteiger partial charge in [0.1, 0.15) is 18.0 Å². The number of benzene rings is 2. The van der Waals surface area contributed by atoms with E-state index in [1.807, 2.05) is 0 Å². The van der Waals surface area contributed by atoms with Gasteiger partial charge in [0.05, 0.1) is 11.1 Å². The first-order valence-corrected chi connectivity index (χ1v) is 8.65. The first-order valence-electron chi connectivity index (χ1n) is 8.65. The molecule has 0 heterocycles. The second-order valence-corrected chi connectivity index (χ2v) is 6.61. The number of rotatable bonds is 4. The maximum atomic E-state index is 12.3. The van der Waals surface area contributed by atoms with E-state index in [2.05, 4.69) is 0 Å². The number of aliphatic hydroxyl groups is 3. The van der Waals surface area contributed by atoms with E-state index < -0.39 is 35.9 Å². The van der Waals surface area contributed by atoms with Crippen molar-refractivity contribution < 1.29 is 34.4 Å². The van der Waals surface area contributed by atoms with Gasteiger partial charge in [-0.1, -0.05) is 36.4 Å². The second-order valence-electron chi connectivity index (χ2n) is 6.61. The lowest BCUT2D eigenvalue weighted by atomic mass is 9.84. The smallest absolute Gasteiger partial charge is 0.343 e. The monoisotopic (exact) mass is 384 g/mol. The number of aliphatic hydroxyl groups excluding tert-OH is 2. The van der Waals surface area contributed by atoms with Crippen LogP contribution in [-0.4, -0.2) is 51.2 Å². The Hall–Kier alpha value is -3.00. The van der Waals surface area contributed by atoms with Gasteiger partial charge in [0.15, 0.2) is 11.7 Å². The lowest BCUT2D eigenvalue weighted by Gasteiger charge is -2.40. The van der Waals surface area contributed by atoms with E-state index in [0.29, 0.717) is 0 Å². The molecule has 146 valence electrons. The van der Waals surface area contributed by atoms with Crippen LogP contribution in [0.2, 0.25) is 0 Å². The summed E-state index contributed by atoms with van der Waals surface area (Å²) in [7, 11) is 0. The summed E-state index contributed by atoms with van der Waals surface area (Å²) >= 11 is 0. The maximum Gasteiger partial charge on any atom is 0.343 e. The van der Waals surface area contributed by atoms with Crippen LogP contribution in [0, 0.1) is 0 Å². The molecular weight excluding hydrogens is 364 g/mol. The highest BCUT2D eigenvalue weighted by molar-refractivity contribution is 5.90. The van der Waals surface area contributed by atoms with Crippen molar-refractivity contribution in [3.63, 3.8) is 0 Å². The van der Waals surface area contributed by atoms with Crippen LogP contribution in [0.5, 0.6) is 0 Å². The van der Waals surface area contributed by atoms with E-state index in [1.165, 1.54) is 31.2 Å². The molecule has 0 amide bonds. The number of ether oxygens (including phenoxy) is 2. The zero-order chi connectivity index (χ0) is 20.3. The lowest BCUT2D eigenvalue weighted by Crippen LogP contribution is -2.58. The summed E-state index contributed by atoms with van der Waals surface area (Å²) in [6.45, 7) is 1.23. The molecule has 0 saturated carbocycles. The van der Waals surface area contributed by atoms with Gasteiger partial charge in [0.2, 0.25) is 0 Å². The summed E-state index contributed by atoms with van der Waals surface area (Å²) in [6, 6.07) is 16.1. The van der Waals surface area contributed by atoms with Crippen LogP contribution in [0.15, 0.2) is 72.5 Å². The van der Waals surface area contributed by atoms with Gasteiger partial charge in [0.25, 0.3) is 0 Å². The minimum atomic E-state index is -2.05. The van der Waals surface area contributed by atoms with Crippen molar-refractivity contribution in [1.29, 1.82) is 0 Å². The number of hydrogen-bond acceptors (Lipinski definition) is 7. The quantitative estimate of drug-likeness (QED) is 0.684. The van der Waals surface area contributed by atoms with Gasteiger partial charge in [-0.05, 0) is 37.3 Å². The third-order valence-electron chi connectivity index (χ3n) is 4.49. The molecule has 0 bridgehead atoms. The van der Waals surface area contributed by atoms with Crippen molar-refractivity contribution in [3.8, 4) is 0 Å². The van der Waals surface area contributed by atoms with Crippen molar-refractivity contribution in [2.75, 3.05) is 0 Å². The molecule has 1 aliphatic carbocycles. The standard InChI is InChI=1S/C21H20O7/c1-21(26)16(27-19(24)13-8-4-2-5-9-13)12-15(22)17(23)18(21)28-20(25)14-10-6-3-7-11-14/h2-12,15,17-18,22-23,26H,1H3/t15-,17-,18-,21-/m1/s1. The molecule has 2 aromatic rings. The Balaban J connectivity index is 1.83. The van der Waals surface area contributed by atoms with E-state index >= 15 is 0 Å². The first-order chi connectivity index (χ1) is 13.3. The van der Waals surface area contributed by atoms with Crippen LogP contribution in [0.1, 0.15) is 27.6 Å². The Labute approximate surface area is 161 Å². The largest absolute Gasteiger partial charge is 0.452 e. The molecular formula is C21H20O7. The third-order valence-corrected chi connectivity index (χ3v) is 4.49. The Bertz CT molecular complexity index is 874. The average molecular weight is 384 g/mol. The number of carbonyl (C=O) groups is 2. The predicted molar refractivity (Wildman–Crippen MR) is 98.2 cm³/mol. The van der Waals surface area contributed by atoms with Crippen molar-refractivity contribution in [1.82, 2.24) is 0 Å². The summed E-state index contributed by atoms with van der Waals surface area (Å²) in [5.74, 6) is -1.87. The molecule has 0 radical (unpaired) electrons. The Morgan fingerprint density at radius 2 is 1.39 bits per heavy atom. The van der Waals surface area contributed by atoms with E-state index in [4.69, 9.17) is 9.47 Å². The van der Waals surface area contributed by atoms with Crippen LogP contribution in [0.25, 0.3) is 0 Å². The summed E-state index contributed by atoms with van der Waals surface area (Å²) in [6.07, 6.45) is -3.65. The van der Waals surface area contributed by atoms with E-state index in [0.717, 1.165) is 6.08 Å². The number of carbonyl (C=O) groups excluding carboxylic acids is 2. The van der Waals surface area contributed by atoms with Crippen LogP contribution >= 0.6 is 0 Å². The fourth-order valence-corrected chi connectivity index (χ4v) is 2.89. The summed E-state index contributed by atoms with van der Waals surface area (Å²) < 4.78 is 10.5. The molecule has 4 atom stereocenters. The Kier molecular flexibility index (Phi) is 5.60. The fraction of sp³-hybridized carbons (Fsp3) is 0.238. The lowest BCUT2D eigenvalue weighted by molar-refractivity contribution is -0.150. The second kappa shape index (κ2) is 7.93. The summed E-state index contributed by atoms with van der Waals surface area (Å²) in [4.78, 5) is 24.7. The van der Waals surface area contributed by atoms with Crippen molar-refractivity contribution in [2.24, 2.45) is 0 Å². The van der Waals surface area contributed by atoms with Crippen molar-refractivity contribution >= 4 is 11.9 Å². The SMILES string of the molecule is C[C@@]1(O)C(OC(=O)c2ccccc2)=C[C@@H](O)[C@@H](O)[C@H]1OC(=O)c1ccccc1. The van der Waals surface area contributed by atoms with Crippen molar-refractivity contribution in [2.45, 2.75) is 30.8 Å². The minimum absolute atomic E-state index is 0.206. The van der Waals surface area contributed by atoms with Gasteiger partial charge in [-0.15, -0.1) is 0 Å².